The van der Waals surface area contributed by atoms with Crippen molar-refractivity contribution in [3.05, 3.63) is 90.5 Å². The van der Waals surface area contributed by atoms with E-state index in [2.05, 4.69) is 63.8 Å². The van der Waals surface area contributed by atoms with Crippen LogP contribution in [0.4, 0.5) is 5.95 Å². The summed E-state index contributed by atoms with van der Waals surface area (Å²) < 4.78 is 18.6. The van der Waals surface area contributed by atoms with Crippen LogP contribution in [0.2, 0.25) is 0 Å². The summed E-state index contributed by atoms with van der Waals surface area (Å²) in [6, 6.07) is 22.5. The number of nitrogens with one attached hydrogen (secondary N) is 1. The van der Waals surface area contributed by atoms with Crippen molar-refractivity contribution in [2.24, 2.45) is 0 Å². The number of benzene rings is 3. The van der Waals surface area contributed by atoms with Gasteiger partial charge in [0, 0.05) is 50.7 Å². The van der Waals surface area contributed by atoms with Gasteiger partial charge in [-0.1, -0.05) is 48.5 Å². The van der Waals surface area contributed by atoms with Crippen molar-refractivity contribution >= 4 is 22.9 Å². The molecule has 5 rings (SSSR count). The fraction of sp³-hybridized carbons (Fsp3) is 0.389. The second-order valence-corrected chi connectivity index (χ2v) is 11.6. The molecule has 1 fully saturated rings. The van der Waals surface area contributed by atoms with E-state index in [-0.39, 0.29) is 11.8 Å². The number of allylic oxidation sites excluding steroid dienone is 1. The molecule has 0 saturated carbocycles. The number of imidazole rings is 1. The molecule has 238 valence electrons. The first-order valence-electron chi connectivity index (χ1n) is 15.6. The molecule has 4 aromatic rings. The van der Waals surface area contributed by atoms with E-state index in [9.17, 15) is 4.79 Å². The molecule has 45 heavy (non-hydrogen) atoms. The molecule has 1 amide bonds. The third kappa shape index (κ3) is 7.42. The summed E-state index contributed by atoms with van der Waals surface area (Å²) in [6.07, 6.45) is 4.96. The van der Waals surface area contributed by atoms with E-state index in [0.717, 1.165) is 62.4 Å². The van der Waals surface area contributed by atoms with Gasteiger partial charge in [0.05, 0.1) is 32.4 Å². The van der Waals surface area contributed by atoms with Crippen molar-refractivity contribution < 1.29 is 19.0 Å². The monoisotopic (exact) mass is 611 g/mol. The molecule has 9 heteroatoms. The minimum Gasteiger partial charge on any atom is -0.493 e. The van der Waals surface area contributed by atoms with Crippen LogP contribution >= 0.6 is 0 Å². The largest absolute Gasteiger partial charge is 0.493 e. The summed E-state index contributed by atoms with van der Waals surface area (Å²) in [4.78, 5) is 22.8. The molecule has 1 aromatic heterocycles. The molecule has 1 aliphatic heterocycles. The Hall–Kier alpha value is -4.50. The van der Waals surface area contributed by atoms with Crippen LogP contribution in [0.15, 0.2) is 79.4 Å². The Balaban J connectivity index is 1.21. The number of methoxy groups -OCH3 is 3. The molecule has 1 unspecified atom stereocenters. The van der Waals surface area contributed by atoms with Crippen molar-refractivity contribution in [1.29, 1.82) is 0 Å². The Bertz CT molecular complexity index is 1550. The maximum atomic E-state index is 13.6. The lowest BCUT2D eigenvalue weighted by atomic mass is 9.94. The SMILES string of the molecule is C=CCn1c(NC2CCN(CCC(CN(C)C(=O)c3cc(OC)c(OC)c(OC)c3)c3ccccc3)CC2)nc2ccccc21. The third-order valence-corrected chi connectivity index (χ3v) is 8.70. The number of hydrogen-bond acceptors (Lipinski definition) is 7. The number of ether oxygens (including phenoxy) is 3. The molecule has 0 radical (unpaired) electrons. The number of likely N-dealkylation sites (N-methyl/N-ethyl adjacent to an activating group) is 1. The highest BCUT2D eigenvalue weighted by molar-refractivity contribution is 5.95. The van der Waals surface area contributed by atoms with Crippen LogP contribution in [-0.2, 0) is 6.54 Å². The summed E-state index contributed by atoms with van der Waals surface area (Å²) in [5.41, 5.74) is 3.85. The number of hydrogen-bond donors (Lipinski definition) is 1. The van der Waals surface area contributed by atoms with Gasteiger partial charge in [-0.05, 0) is 55.6 Å². The molecule has 3 aromatic carbocycles. The number of likely N-dealkylation sites (tertiary alicyclic amines) is 1. The fourth-order valence-electron chi connectivity index (χ4n) is 6.25. The number of carbonyl (C=O) groups excluding carboxylic acids is 1. The first-order valence-corrected chi connectivity index (χ1v) is 15.6. The zero-order valence-corrected chi connectivity index (χ0v) is 26.9. The Kier molecular flexibility index (Phi) is 10.6. The number of aromatic nitrogens is 2. The van der Waals surface area contributed by atoms with Gasteiger partial charge in [-0.2, -0.15) is 0 Å². The average Bonchev–Trinajstić information content (AvgIpc) is 3.43. The number of amides is 1. The van der Waals surface area contributed by atoms with Gasteiger partial charge in [0.1, 0.15) is 0 Å². The van der Waals surface area contributed by atoms with E-state index < -0.39 is 0 Å². The van der Waals surface area contributed by atoms with E-state index >= 15 is 0 Å². The number of fused-ring (bicyclic) bond motifs is 1. The van der Waals surface area contributed by atoms with E-state index in [1.54, 1.807) is 38.4 Å². The maximum Gasteiger partial charge on any atom is 0.253 e. The van der Waals surface area contributed by atoms with Crippen molar-refractivity contribution in [1.82, 2.24) is 19.4 Å². The molecular formula is C36H45N5O4. The van der Waals surface area contributed by atoms with Crippen LogP contribution in [0.3, 0.4) is 0 Å². The van der Waals surface area contributed by atoms with E-state index in [4.69, 9.17) is 19.2 Å². The highest BCUT2D eigenvalue weighted by atomic mass is 16.5. The first-order chi connectivity index (χ1) is 21.9. The molecule has 1 aliphatic rings. The smallest absolute Gasteiger partial charge is 0.253 e. The summed E-state index contributed by atoms with van der Waals surface area (Å²) in [7, 11) is 6.52. The van der Waals surface area contributed by atoms with Crippen LogP contribution in [0.1, 0.15) is 41.1 Å². The molecule has 1 atom stereocenters. The second-order valence-electron chi connectivity index (χ2n) is 11.6. The minimum atomic E-state index is -0.0930. The Morgan fingerprint density at radius 3 is 2.33 bits per heavy atom. The molecule has 0 bridgehead atoms. The molecule has 2 heterocycles. The molecule has 1 N–H and O–H groups in total. The van der Waals surface area contributed by atoms with Crippen molar-refractivity contribution in [3.8, 4) is 17.2 Å². The van der Waals surface area contributed by atoms with E-state index in [1.165, 1.54) is 5.56 Å². The van der Waals surface area contributed by atoms with Gasteiger partial charge in [0.15, 0.2) is 11.5 Å². The summed E-state index contributed by atoms with van der Waals surface area (Å²) in [5.74, 6) is 2.41. The van der Waals surface area contributed by atoms with Gasteiger partial charge >= 0.3 is 0 Å². The van der Waals surface area contributed by atoms with Gasteiger partial charge < -0.3 is 33.9 Å². The number of rotatable bonds is 14. The van der Waals surface area contributed by atoms with Crippen LogP contribution in [0.25, 0.3) is 11.0 Å². The van der Waals surface area contributed by atoms with Crippen LogP contribution < -0.4 is 19.5 Å². The van der Waals surface area contributed by atoms with Crippen LogP contribution in [-0.4, -0.2) is 85.9 Å². The van der Waals surface area contributed by atoms with Gasteiger partial charge in [0.2, 0.25) is 11.7 Å². The van der Waals surface area contributed by atoms with Crippen LogP contribution in [0, 0.1) is 0 Å². The lowest BCUT2D eigenvalue weighted by Crippen LogP contribution is -2.40. The number of piperidine rings is 1. The van der Waals surface area contributed by atoms with Gasteiger partial charge in [-0.25, -0.2) is 4.98 Å². The molecule has 0 aliphatic carbocycles. The Morgan fingerprint density at radius 1 is 1.02 bits per heavy atom. The zero-order valence-electron chi connectivity index (χ0n) is 26.9. The standard InChI is InChI=1S/C36H45N5O4/c1-6-19-41-31-15-11-10-14-30(31)38-36(41)37-29-17-21-40(22-18-29)20-16-27(26-12-8-7-9-13-26)25-39(2)35(42)28-23-32(43-3)34(45-5)33(24-28)44-4/h6-15,23-24,27,29H,1,16-22,25H2,2-5H3,(H,37,38). The lowest BCUT2D eigenvalue weighted by Gasteiger charge is -2.34. The predicted octanol–water partition coefficient (Wildman–Crippen LogP) is 6.07. The number of carbonyl (C=O) groups is 1. The quantitative estimate of drug-likeness (QED) is 0.173. The van der Waals surface area contributed by atoms with Gasteiger partial charge in [0.25, 0.3) is 5.91 Å². The topological polar surface area (TPSA) is 81.1 Å². The minimum absolute atomic E-state index is 0.0930. The Morgan fingerprint density at radius 2 is 1.69 bits per heavy atom. The van der Waals surface area contributed by atoms with Crippen LogP contribution in [0.5, 0.6) is 17.2 Å². The summed E-state index contributed by atoms with van der Waals surface area (Å²) in [6.45, 7) is 8.25. The fourth-order valence-corrected chi connectivity index (χ4v) is 6.25. The third-order valence-electron chi connectivity index (χ3n) is 8.70. The number of para-hydroxylation sites is 2. The maximum absolute atomic E-state index is 13.6. The van der Waals surface area contributed by atoms with Gasteiger partial charge in [-0.15, -0.1) is 6.58 Å². The van der Waals surface area contributed by atoms with E-state index in [0.29, 0.717) is 35.4 Å². The highest BCUT2D eigenvalue weighted by Crippen LogP contribution is 2.38. The molecule has 0 spiro atoms. The second kappa shape index (κ2) is 15.0. The molecule has 9 nitrogen and oxygen atoms in total. The normalized spacial score (nSPS) is 14.6. The van der Waals surface area contributed by atoms with Gasteiger partial charge in [-0.3, -0.25) is 4.79 Å². The number of nitrogens with zero attached hydrogens (tertiary/aromatic N) is 4. The molecule has 1 saturated heterocycles. The lowest BCUT2D eigenvalue weighted by molar-refractivity contribution is 0.0781. The molecular weight excluding hydrogens is 566 g/mol. The van der Waals surface area contributed by atoms with Crippen molar-refractivity contribution in [2.75, 3.05) is 59.9 Å². The average molecular weight is 612 g/mol. The predicted molar refractivity (Wildman–Crippen MR) is 180 cm³/mol. The van der Waals surface area contributed by atoms with Crippen molar-refractivity contribution in [3.63, 3.8) is 0 Å². The van der Waals surface area contributed by atoms with Crippen molar-refractivity contribution in [2.45, 2.75) is 37.8 Å². The highest BCUT2D eigenvalue weighted by Gasteiger charge is 2.25. The summed E-state index contributed by atoms with van der Waals surface area (Å²) in [5, 5.41) is 3.72. The van der Waals surface area contributed by atoms with E-state index in [1.807, 2.05) is 25.3 Å². The first kappa shape index (κ1) is 31.9. The Labute approximate surface area is 266 Å². The zero-order chi connectivity index (χ0) is 31.8. The summed E-state index contributed by atoms with van der Waals surface area (Å²) >= 11 is 0. The number of anilines is 1.